The van der Waals surface area contributed by atoms with Gasteiger partial charge in [0.05, 0.1) is 6.33 Å². The molecule has 1 aliphatic heterocycles. The van der Waals surface area contributed by atoms with Gasteiger partial charge in [-0.25, -0.2) is 13.8 Å². The molecule has 30 heavy (non-hydrogen) atoms. The maximum absolute atomic E-state index is 13.4. The molecule has 6 heteroatoms. The number of rotatable bonds is 7. The first-order valence-electron chi connectivity index (χ1n) is 10.3. The molecule has 156 valence electrons. The largest absolute Gasteiger partial charge is 0.338 e. The molecule has 2 heterocycles. The lowest BCUT2D eigenvalue weighted by atomic mass is 10.0. The summed E-state index contributed by atoms with van der Waals surface area (Å²) in [6, 6.07) is 11.8. The summed E-state index contributed by atoms with van der Waals surface area (Å²) in [6.45, 7) is 3.68. The van der Waals surface area contributed by atoms with Gasteiger partial charge >= 0.3 is 0 Å². The van der Waals surface area contributed by atoms with E-state index in [9.17, 15) is 13.6 Å². The summed E-state index contributed by atoms with van der Waals surface area (Å²) in [7, 11) is 0. The van der Waals surface area contributed by atoms with E-state index in [0.29, 0.717) is 12.1 Å². The van der Waals surface area contributed by atoms with E-state index >= 15 is 0 Å². The minimum absolute atomic E-state index is 0.0595. The van der Waals surface area contributed by atoms with Crippen molar-refractivity contribution >= 4 is 5.91 Å². The highest BCUT2D eigenvalue weighted by Gasteiger charge is 2.31. The van der Waals surface area contributed by atoms with Crippen LogP contribution in [0.4, 0.5) is 8.78 Å². The average molecular weight is 409 g/mol. The second-order valence-corrected chi connectivity index (χ2v) is 8.06. The predicted molar refractivity (Wildman–Crippen MR) is 111 cm³/mol. The number of likely N-dealkylation sites (tertiary alicyclic amines) is 1. The Balaban J connectivity index is 1.34. The van der Waals surface area contributed by atoms with Crippen LogP contribution in [0, 0.1) is 24.5 Å². The van der Waals surface area contributed by atoms with E-state index in [2.05, 4.69) is 40.7 Å². The van der Waals surface area contributed by atoms with Gasteiger partial charge in [0.2, 0.25) is 5.91 Å². The zero-order chi connectivity index (χ0) is 21.1. The van der Waals surface area contributed by atoms with Gasteiger partial charge in [0.1, 0.15) is 11.6 Å². The number of carbonyl (C=O) groups excluding carboxylic acids is 1. The Morgan fingerprint density at radius 3 is 2.50 bits per heavy atom. The summed E-state index contributed by atoms with van der Waals surface area (Å²) >= 11 is 0. The van der Waals surface area contributed by atoms with Gasteiger partial charge in [0, 0.05) is 43.5 Å². The molecule has 0 N–H and O–H groups in total. The fourth-order valence-corrected chi connectivity index (χ4v) is 4.06. The van der Waals surface area contributed by atoms with Gasteiger partial charge in [-0.2, -0.15) is 0 Å². The van der Waals surface area contributed by atoms with Crippen LogP contribution in [0.5, 0.6) is 0 Å². The summed E-state index contributed by atoms with van der Waals surface area (Å²) in [5.41, 5.74) is 4.03. The number of aryl methyl sites for hydroxylation is 2. The van der Waals surface area contributed by atoms with Crippen molar-refractivity contribution in [1.29, 1.82) is 0 Å². The zero-order valence-electron chi connectivity index (χ0n) is 17.0. The van der Waals surface area contributed by atoms with E-state index in [-0.39, 0.29) is 18.4 Å². The molecule has 1 saturated heterocycles. The number of hydrogen-bond acceptors (Lipinski definition) is 2. The van der Waals surface area contributed by atoms with Crippen LogP contribution in [-0.4, -0.2) is 26.9 Å². The Morgan fingerprint density at radius 1 is 1.03 bits per heavy atom. The maximum Gasteiger partial charge on any atom is 0.226 e. The molecule has 4 rings (SSSR count). The quantitative estimate of drug-likeness (QED) is 0.576. The maximum atomic E-state index is 13.4. The second-order valence-electron chi connectivity index (χ2n) is 8.06. The van der Waals surface area contributed by atoms with E-state index in [1.165, 1.54) is 23.3 Å². The molecular weight excluding hydrogens is 384 g/mol. The van der Waals surface area contributed by atoms with Crippen molar-refractivity contribution in [2.75, 3.05) is 6.54 Å². The van der Waals surface area contributed by atoms with Crippen molar-refractivity contribution in [3.8, 4) is 0 Å². The molecule has 0 spiro atoms. The van der Waals surface area contributed by atoms with Crippen LogP contribution >= 0.6 is 0 Å². The first-order chi connectivity index (χ1) is 14.5. The molecule has 1 atom stereocenters. The molecule has 3 aromatic rings. The summed E-state index contributed by atoms with van der Waals surface area (Å²) in [6.07, 6.45) is 5.97. The van der Waals surface area contributed by atoms with E-state index in [1.807, 2.05) is 12.5 Å². The number of aromatic nitrogens is 2. The van der Waals surface area contributed by atoms with Gasteiger partial charge in [-0.15, -0.1) is 0 Å². The van der Waals surface area contributed by atoms with Crippen LogP contribution in [0.25, 0.3) is 0 Å². The Bertz CT molecular complexity index is 1010. The first kappa shape index (κ1) is 20.3. The SMILES string of the molecule is Cc1ccc(Cn2cncc2CC[C@@H]2CCN(Cc3cc(F)cc(F)c3)C2=O)cc1. The number of carbonyl (C=O) groups is 1. The third kappa shape index (κ3) is 4.75. The Kier molecular flexibility index (Phi) is 5.93. The minimum Gasteiger partial charge on any atom is -0.338 e. The molecule has 0 bridgehead atoms. The van der Waals surface area contributed by atoms with E-state index in [1.54, 1.807) is 4.90 Å². The van der Waals surface area contributed by atoms with E-state index in [4.69, 9.17) is 0 Å². The lowest BCUT2D eigenvalue weighted by molar-refractivity contribution is -0.131. The van der Waals surface area contributed by atoms with Crippen molar-refractivity contribution < 1.29 is 13.6 Å². The fourth-order valence-electron chi connectivity index (χ4n) is 4.06. The van der Waals surface area contributed by atoms with Gasteiger partial charge in [0.25, 0.3) is 0 Å². The summed E-state index contributed by atoms with van der Waals surface area (Å²) in [5.74, 6) is -1.24. The number of benzene rings is 2. The lowest BCUT2D eigenvalue weighted by Crippen LogP contribution is -2.27. The van der Waals surface area contributed by atoms with Crippen molar-refractivity contribution in [3.05, 3.63) is 89.0 Å². The third-order valence-corrected chi connectivity index (χ3v) is 5.73. The van der Waals surface area contributed by atoms with Crippen LogP contribution in [0.1, 0.15) is 35.2 Å². The Morgan fingerprint density at radius 2 is 1.77 bits per heavy atom. The van der Waals surface area contributed by atoms with Gasteiger partial charge in [-0.1, -0.05) is 29.8 Å². The Hall–Kier alpha value is -3.02. The minimum atomic E-state index is -0.616. The number of amides is 1. The highest BCUT2D eigenvalue weighted by atomic mass is 19.1. The normalized spacial score (nSPS) is 16.4. The zero-order valence-corrected chi connectivity index (χ0v) is 17.0. The van der Waals surface area contributed by atoms with Crippen molar-refractivity contribution in [2.45, 2.75) is 39.3 Å². The highest BCUT2D eigenvalue weighted by molar-refractivity contribution is 5.80. The second kappa shape index (κ2) is 8.78. The third-order valence-electron chi connectivity index (χ3n) is 5.73. The van der Waals surface area contributed by atoms with Gasteiger partial charge in [-0.05, 0) is 49.4 Å². The molecule has 1 aromatic heterocycles. The molecule has 1 amide bonds. The summed E-state index contributed by atoms with van der Waals surface area (Å²) in [5, 5.41) is 0. The molecule has 1 aliphatic rings. The molecule has 0 radical (unpaired) electrons. The molecule has 0 saturated carbocycles. The van der Waals surface area contributed by atoms with Gasteiger partial charge in [0.15, 0.2) is 0 Å². The number of imidazole rings is 1. The topological polar surface area (TPSA) is 38.1 Å². The molecular formula is C24H25F2N3O. The van der Waals surface area contributed by atoms with E-state index in [0.717, 1.165) is 37.6 Å². The average Bonchev–Trinajstić information content (AvgIpc) is 3.28. The van der Waals surface area contributed by atoms with E-state index < -0.39 is 11.6 Å². The molecule has 2 aromatic carbocycles. The monoisotopic (exact) mass is 409 g/mol. The summed E-state index contributed by atoms with van der Waals surface area (Å²) < 4.78 is 29.0. The molecule has 4 nitrogen and oxygen atoms in total. The molecule has 0 aliphatic carbocycles. The van der Waals surface area contributed by atoms with Crippen LogP contribution < -0.4 is 0 Å². The van der Waals surface area contributed by atoms with Crippen LogP contribution in [0.15, 0.2) is 55.0 Å². The standard InChI is InChI=1S/C24H25F2N3O/c1-17-2-4-18(5-3-17)14-29-16-27-13-23(29)7-6-20-8-9-28(24(20)30)15-19-10-21(25)12-22(26)11-19/h2-5,10-13,16,20H,6-9,14-15H2,1H3/t20-/m1/s1. The van der Waals surface area contributed by atoms with Crippen LogP contribution in [0.2, 0.25) is 0 Å². The summed E-state index contributed by atoms with van der Waals surface area (Å²) in [4.78, 5) is 18.7. The lowest BCUT2D eigenvalue weighted by Gasteiger charge is -2.17. The first-order valence-corrected chi connectivity index (χ1v) is 10.3. The van der Waals surface area contributed by atoms with Crippen molar-refractivity contribution in [2.24, 2.45) is 5.92 Å². The number of nitrogens with zero attached hydrogens (tertiary/aromatic N) is 3. The fraction of sp³-hybridized carbons (Fsp3) is 0.333. The highest BCUT2D eigenvalue weighted by Crippen LogP contribution is 2.25. The van der Waals surface area contributed by atoms with Crippen LogP contribution in [0.3, 0.4) is 0 Å². The van der Waals surface area contributed by atoms with Gasteiger partial charge < -0.3 is 9.47 Å². The van der Waals surface area contributed by atoms with Gasteiger partial charge in [-0.3, -0.25) is 4.79 Å². The Labute approximate surface area is 175 Å². The molecule has 0 unspecified atom stereocenters. The number of hydrogen-bond donors (Lipinski definition) is 0. The van der Waals surface area contributed by atoms with Crippen molar-refractivity contribution in [1.82, 2.24) is 14.5 Å². The smallest absolute Gasteiger partial charge is 0.226 e. The predicted octanol–water partition coefficient (Wildman–Crippen LogP) is 4.50. The molecule has 1 fully saturated rings. The number of halogens is 2. The van der Waals surface area contributed by atoms with Crippen molar-refractivity contribution in [3.63, 3.8) is 0 Å². The van der Waals surface area contributed by atoms with Crippen LogP contribution in [-0.2, 0) is 24.3 Å².